The van der Waals surface area contributed by atoms with Crippen molar-refractivity contribution in [2.75, 3.05) is 10.7 Å². The fourth-order valence-corrected chi connectivity index (χ4v) is 2.97. The molecule has 1 heterocycles. The number of aromatic nitrogens is 1. The molecular formula is C17H10N6O2S. The highest BCUT2D eigenvalue weighted by atomic mass is 32.1. The number of amides is 1. The minimum absolute atomic E-state index is 0.110. The molecule has 2 aromatic carbocycles. The van der Waals surface area contributed by atoms with Crippen LogP contribution in [0.4, 0.5) is 10.8 Å². The molecule has 0 saturated carbocycles. The molecule has 126 valence electrons. The first-order chi connectivity index (χ1) is 12.6. The number of nitrogens with zero attached hydrogens (tertiary/aromatic N) is 4. The van der Waals surface area contributed by atoms with Crippen molar-refractivity contribution in [3.63, 3.8) is 0 Å². The lowest BCUT2D eigenvalue weighted by Crippen LogP contribution is -2.11. The third-order valence-electron chi connectivity index (χ3n) is 3.27. The Morgan fingerprint density at radius 1 is 1.19 bits per heavy atom. The van der Waals surface area contributed by atoms with Crippen LogP contribution in [0.15, 0.2) is 47.6 Å². The monoisotopic (exact) mass is 362 g/mol. The van der Waals surface area contributed by atoms with Crippen LogP contribution in [0.1, 0.15) is 10.4 Å². The van der Waals surface area contributed by atoms with Crippen molar-refractivity contribution >= 4 is 44.0 Å². The van der Waals surface area contributed by atoms with Gasteiger partial charge in [0, 0.05) is 0 Å². The Hall–Kier alpha value is -3.95. The van der Waals surface area contributed by atoms with Gasteiger partial charge in [0.25, 0.3) is 5.91 Å². The van der Waals surface area contributed by atoms with Gasteiger partial charge >= 0.3 is 0 Å². The molecule has 0 bridgehead atoms. The van der Waals surface area contributed by atoms with Gasteiger partial charge in [-0.15, -0.1) is 0 Å². The summed E-state index contributed by atoms with van der Waals surface area (Å²) in [5.74, 6) is -0.570. The molecule has 3 rings (SSSR count). The first kappa shape index (κ1) is 16.9. The van der Waals surface area contributed by atoms with E-state index in [2.05, 4.69) is 20.8 Å². The number of hydrogen-bond donors (Lipinski definition) is 3. The van der Waals surface area contributed by atoms with Gasteiger partial charge in [0.15, 0.2) is 5.13 Å². The Balaban J connectivity index is 1.81. The summed E-state index contributed by atoms with van der Waals surface area (Å²) < 4.78 is 0.772. The highest BCUT2D eigenvalue weighted by Gasteiger charge is 2.13. The Morgan fingerprint density at radius 3 is 2.69 bits per heavy atom. The van der Waals surface area contributed by atoms with E-state index < -0.39 is 5.91 Å². The third-order valence-corrected chi connectivity index (χ3v) is 4.20. The predicted molar refractivity (Wildman–Crippen MR) is 98.0 cm³/mol. The van der Waals surface area contributed by atoms with Gasteiger partial charge in [-0.3, -0.25) is 15.5 Å². The molecule has 9 heteroatoms. The Kier molecular flexibility index (Phi) is 4.74. The van der Waals surface area contributed by atoms with Crippen LogP contribution in [-0.4, -0.2) is 21.7 Å². The van der Waals surface area contributed by atoms with Gasteiger partial charge in [-0.05, 0) is 30.3 Å². The topological polar surface area (TPSA) is 134 Å². The normalized spacial score (nSPS) is 9.77. The average Bonchev–Trinajstić information content (AvgIpc) is 3.04. The molecule has 0 fully saturated rings. The summed E-state index contributed by atoms with van der Waals surface area (Å²) in [5, 5.41) is 33.8. The molecule has 0 radical (unpaired) electrons. The maximum Gasteiger partial charge on any atom is 0.261 e. The number of rotatable bonds is 4. The summed E-state index contributed by atoms with van der Waals surface area (Å²) in [4.78, 5) is 16.5. The number of hydrazone groups is 1. The lowest BCUT2D eigenvalue weighted by atomic mass is 10.2. The molecule has 0 saturated heterocycles. The average molecular weight is 362 g/mol. The third kappa shape index (κ3) is 3.59. The quantitative estimate of drug-likeness (QED) is 0.482. The van der Waals surface area contributed by atoms with E-state index in [1.54, 1.807) is 42.5 Å². The molecule has 0 spiro atoms. The predicted octanol–water partition coefficient (Wildman–Crippen LogP) is 3.07. The number of thiazole rings is 1. The first-order valence-electron chi connectivity index (χ1n) is 7.24. The zero-order chi connectivity index (χ0) is 18.5. The number of benzene rings is 2. The summed E-state index contributed by atoms with van der Waals surface area (Å²) in [6.07, 6.45) is 0. The highest BCUT2D eigenvalue weighted by Crippen LogP contribution is 2.29. The highest BCUT2D eigenvalue weighted by molar-refractivity contribution is 7.22. The van der Waals surface area contributed by atoms with E-state index >= 15 is 0 Å². The van der Waals surface area contributed by atoms with E-state index in [1.165, 1.54) is 23.5 Å². The van der Waals surface area contributed by atoms with Gasteiger partial charge in [0.2, 0.25) is 5.71 Å². The van der Waals surface area contributed by atoms with Crippen molar-refractivity contribution in [2.45, 2.75) is 0 Å². The number of anilines is 2. The van der Waals surface area contributed by atoms with Crippen LogP contribution < -0.4 is 10.7 Å². The summed E-state index contributed by atoms with van der Waals surface area (Å²) in [7, 11) is 0. The maximum absolute atomic E-state index is 12.2. The maximum atomic E-state index is 12.2. The Labute approximate surface area is 151 Å². The second kappa shape index (κ2) is 7.30. The van der Waals surface area contributed by atoms with E-state index in [4.69, 9.17) is 10.5 Å². The molecule has 3 N–H and O–H groups in total. The lowest BCUT2D eigenvalue weighted by Gasteiger charge is -2.03. The molecule has 0 aliphatic heterocycles. The van der Waals surface area contributed by atoms with Crippen LogP contribution in [0.3, 0.4) is 0 Å². The number of nitriles is 2. The zero-order valence-corrected chi connectivity index (χ0v) is 13.9. The van der Waals surface area contributed by atoms with Crippen molar-refractivity contribution < 1.29 is 9.90 Å². The molecule has 0 unspecified atom stereocenters. The molecule has 1 amide bonds. The molecule has 26 heavy (non-hydrogen) atoms. The van der Waals surface area contributed by atoms with Crippen LogP contribution in [0.2, 0.25) is 0 Å². The fraction of sp³-hybridized carbons (Fsp3) is 0. The Bertz CT molecular complexity index is 1090. The van der Waals surface area contributed by atoms with Gasteiger partial charge < -0.3 is 5.11 Å². The number of aromatic hydroxyl groups is 1. The van der Waals surface area contributed by atoms with E-state index in [0.717, 1.165) is 4.70 Å². The standard InChI is InChI=1S/C17H10N6O2S/c18-8-11(9-19)23-22-10-5-6-13-15(7-10)26-17(20-13)21-16(25)12-3-1-2-4-14(12)24/h1-7,22,24H,(H,20,21,25). The number of phenols is 1. The van der Waals surface area contributed by atoms with E-state index in [0.29, 0.717) is 16.3 Å². The van der Waals surface area contributed by atoms with Crippen molar-refractivity contribution in [2.24, 2.45) is 5.10 Å². The number of hydrogen-bond acceptors (Lipinski definition) is 8. The number of carbonyl (C=O) groups excluding carboxylic acids is 1. The van der Waals surface area contributed by atoms with E-state index in [9.17, 15) is 9.90 Å². The molecule has 3 aromatic rings. The molecule has 0 aliphatic rings. The van der Waals surface area contributed by atoms with Crippen molar-refractivity contribution in [1.82, 2.24) is 4.98 Å². The summed E-state index contributed by atoms with van der Waals surface area (Å²) >= 11 is 1.24. The smallest absolute Gasteiger partial charge is 0.261 e. The van der Waals surface area contributed by atoms with Gasteiger partial charge in [0.1, 0.15) is 17.9 Å². The van der Waals surface area contributed by atoms with Crippen molar-refractivity contribution in [1.29, 1.82) is 10.5 Å². The summed E-state index contributed by atoms with van der Waals surface area (Å²) in [6.45, 7) is 0. The van der Waals surface area contributed by atoms with Gasteiger partial charge in [0.05, 0.1) is 21.5 Å². The van der Waals surface area contributed by atoms with Gasteiger partial charge in [-0.2, -0.15) is 15.6 Å². The van der Waals surface area contributed by atoms with Crippen molar-refractivity contribution in [3.8, 4) is 17.9 Å². The molecule has 0 atom stereocenters. The molecular weight excluding hydrogens is 352 g/mol. The lowest BCUT2D eigenvalue weighted by molar-refractivity contribution is 0.102. The van der Waals surface area contributed by atoms with Gasteiger partial charge in [-0.25, -0.2) is 4.98 Å². The SMILES string of the molecule is N#CC(C#N)=NNc1ccc2nc(NC(=O)c3ccccc3O)sc2c1. The Morgan fingerprint density at radius 2 is 1.96 bits per heavy atom. The number of carbonyl (C=O) groups is 1. The summed E-state index contributed by atoms with van der Waals surface area (Å²) in [5.41, 5.74) is 3.73. The number of phenolic OH excluding ortho intramolecular Hbond substituents is 1. The minimum atomic E-state index is -0.460. The number of para-hydroxylation sites is 1. The summed E-state index contributed by atoms with van der Waals surface area (Å²) in [6, 6.07) is 14.7. The number of fused-ring (bicyclic) bond motifs is 1. The minimum Gasteiger partial charge on any atom is -0.507 e. The fourth-order valence-electron chi connectivity index (χ4n) is 2.07. The molecule has 1 aromatic heterocycles. The zero-order valence-electron chi connectivity index (χ0n) is 13.1. The van der Waals surface area contributed by atoms with Crippen molar-refractivity contribution in [3.05, 3.63) is 48.0 Å². The molecule has 8 nitrogen and oxygen atoms in total. The second-order valence-corrected chi connectivity index (χ2v) is 6.00. The van der Waals surface area contributed by atoms with Crippen LogP contribution in [0, 0.1) is 22.7 Å². The van der Waals surface area contributed by atoms with Crippen LogP contribution >= 0.6 is 11.3 Å². The van der Waals surface area contributed by atoms with Crippen LogP contribution in [-0.2, 0) is 0 Å². The van der Waals surface area contributed by atoms with Gasteiger partial charge in [-0.1, -0.05) is 23.5 Å². The van der Waals surface area contributed by atoms with E-state index in [-0.39, 0.29) is 17.0 Å². The van der Waals surface area contributed by atoms with E-state index in [1.807, 2.05) is 0 Å². The van der Waals surface area contributed by atoms with Crippen LogP contribution in [0.25, 0.3) is 10.2 Å². The second-order valence-electron chi connectivity index (χ2n) is 4.97. The largest absolute Gasteiger partial charge is 0.507 e. The number of nitrogens with one attached hydrogen (secondary N) is 2. The first-order valence-corrected chi connectivity index (χ1v) is 8.06. The molecule has 0 aliphatic carbocycles. The van der Waals surface area contributed by atoms with Crippen LogP contribution in [0.5, 0.6) is 5.75 Å².